The third-order valence-electron chi connectivity index (χ3n) is 3.79. The van der Waals surface area contributed by atoms with Crippen LogP contribution in [0.5, 0.6) is 0 Å². The molecule has 2 aromatic rings. The van der Waals surface area contributed by atoms with Crippen LogP contribution in [0.2, 0.25) is 5.02 Å². The lowest BCUT2D eigenvalue weighted by molar-refractivity contribution is 0.346. The Morgan fingerprint density at radius 2 is 2.35 bits per heavy atom. The number of fused-ring (bicyclic) bond motifs is 1. The molecule has 1 aliphatic heterocycles. The van der Waals surface area contributed by atoms with E-state index in [2.05, 4.69) is 14.9 Å². The first-order chi connectivity index (χ1) is 9.72. The van der Waals surface area contributed by atoms with Crippen molar-refractivity contribution in [3.8, 4) is 0 Å². The van der Waals surface area contributed by atoms with Gasteiger partial charge in [-0.1, -0.05) is 11.6 Å². The lowest BCUT2D eigenvalue weighted by Crippen LogP contribution is -2.29. The monoisotopic (exact) mass is 293 g/mol. The van der Waals surface area contributed by atoms with Crippen LogP contribution in [0.1, 0.15) is 17.8 Å². The van der Waals surface area contributed by atoms with Crippen LogP contribution in [0, 0.1) is 11.7 Å². The average molecular weight is 294 g/mol. The molecule has 0 aliphatic carbocycles. The summed E-state index contributed by atoms with van der Waals surface area (Å²) in [5.41, 5.74) is 0.622. The predicted octanol–water partition coefficient (Wildman–Crippen LogP) is 3.03. The van der Waals surface area contributed by atoms with Crippen LogP contribution in [-0.2, 0) is 19.5 Å². The van der Waals surface area contributed by atoms with Crippen molar-refractivity contribution in [1.82, 2.24) is 14.9 Å². The maximum atomic E-state index is 13.6. The Kier molecular flexibility index (Phi) is 4.03. The van der Waals surface area contributed by atoms with Gasteiger partial charge in [0.05, 0.1) is 0 Å². The summed E-state index contributed by atoms with van der Waals surface area (Å²) in [6, 6.07) is 4.67. The van der Waals surface area contributed by atoms with Gasteiger partial charge in [-0.25, -0.2) is 9.37 Å². The zero-order valence-electron chi connectivity index (χ0n) is 11.1. The van der Waals surface area contributed by atoms with E-state index in [-0.39, 0.29) is 5.82 Å². The van der Waals surface area contributed by atoms with Gasteiger partial charge in [-0.2, -0.15) is 0 Å². The van der Waals surface area contributed by atoms with Gasteiger partial charge in [0.25, 0.3) is 0 Å². The molecule has 5 heteroatoms. The minimum atomic E-state index is -0.206. The highest BCUT2D eigenvalue weighted by Crippen LogP contribution is 2.19. The van der Waals surface area contributed by atoms with E-state index in [1.54, 1.807) is 12.1 Å². The second-order valence-corrected chi connectivity index (χ2v) is 5.70. The number of hydrogen-bond donors (Lipinski definition) is 1. The summed E-state index contributed by atoms with van der Waals surface area (Å²) in [5, 5.41) is 3.90. The Balaban J connectivity index is 1.52. The summed E-state index contributed by atoms with van der Waals surface area (Å²) in [5.74, 6) is 1.53. The quantitative estimate of drug-likeness (QED) is 0.939. The highest BCUT2D eigenvalue weighted by atomic mass is 35.5. The van der Waals surface area contributed by atoms with Crippen molar-refractivity contribution in [3.63, 3.8) is 0 Å². The normalized spacial score (nSPS) is 18.0. The minimum absolute atomic E-state index is 0.206. The fraction of sp³-hybridized carbons (Fsp3) is 0.400. The van der Waals surface area contributed by atoms with E-state index in [1.807, 2.05) is 12.4 Å². The topological polar surface area (TPSA) is 29.9 Å². The molecular weight excluding hydrogens is 277 g/mol. The maximum Gasteiger partial charge on any atom is 0.127 e. The van der Waals surface area contributed by atoms with Crippen LogP contribution in [0.25, 0.3) is 0 Å². The van der Waals surface area contributed by atoms with Gasteiger partial charge in [-0.15, -0.1) is 0 Å². The molecule has 1 atom stereocenters. The molecule has 1 aromatic carbocycles. The second kappa shape index (κ2) is 5.94. The summed E-state index contributed by atoms with van der Waals surface area (Å²) in [6.45, 7) is 2.38. The standard InChI is InChI=1S/C15H17ClFN3/c16-13-2-3-14(17)12(7-13)9-18-8-11-1-4-15-19-5-6-20(15)10-11/h2-3,5-7,11,18H,1,4,8-10H2/t11-/m0/s1. The van der Waals surface area contributed by atoms with Crippen molar-refractivity contribution < 1.29 is 4.39 Å². The number of nitrogens with zero attached hydrogens (tertiary/aromatic N) is 2. The van der Waals surface area contributed by atoms with E-state index in [1.165, 1.54) is 11.9 Å². The smallest absolute Gasteiger partial charge is 0.127 e. The lowest BCUT2D eigenvalue weighted by Gasteiger charge is -2.24. The molecule has 1 N–H and O–H groups in total. The molecule has 0 saturated carbocycles. The summed E-state index contributed by atoms with van der Waals surface area (Å²) in [4.78, 5) is 4.32. The summed E-state index contributed by atoms with van der Waals surface area (Å²) in [7, 11) is 0. The van der Waals surface area contributed by atoms with Gasteiger partial charge in [0.1, 0.15) is 11.6 Å². The zero-order valence-corrected chi connectivity index (χ0v) is 11.9. The number of rotatable bonds is 4. The first-order valence-corrected chi connectivity index (χ1v) is 7.25. The van der Waals surface area contributed by atoms with Crippen LogP contribution in [0.3, 0.4) is 0 Å². The molecule has 0 radical (unpaired) electrons. The first-order valence-electron chi connectivity index (χ1n) is 6.87. The van der Waals surface area contributed by atoms with Gasteiger partial charge >= 0.3 is 0 Å². The Labute approximate surface area is 122 Å². The minimum Gasteiger partial charge on any atom is -0.335 e. The van der Waals surface area contributed by atoms with Crippen molar-refractivity contribution in [2.45, 2.75) is 25.9 Å². The first kappa shape index (κ1) is 13.6. The molecule has 2 heterocycles. The van der Waals surface area contributed by atoms with E-state index in [0.717, 1.165) is 25.9 Å². The van der Waals surface area contributed by atoms with Gasteiger partial charge in [-0.3, -0.25) is 0 Å². The van der Waals surface area contributed by atoms with E-state index in [0.29, 0.717) is 23.0 Å². The van der Waals surface area contributed by atoms with Crippen molar-refractivity contribution in [3.05, 3.63) is 52.8 Å². The molecular formula is C15H17ClFN3. The molecule has 0 spiro atoms. The number of aromatic nitrogens is 2. The van der Waals surface area contributed by atoms with Crippen molar-refractivity contribution >= 4 is 11.6 Å². The van der Waals surface area contributed by atoms with Gasteiger partial charge in [-0.05, 0) is 37.1 Å². The number of imidazole rings is 1. The van der Waals surface area contributed by atoms with E-state index < -0.39 is 0 Å². The third kappa shape index (κ3) is 3.02. The van der Waals surface area contributed by atoms with Crippen LogP contribution in [0.4, 0.5) is 4.39 Å². The molecule has 0 unspecified atom stereocenters. The van der Waals surface area contributed by atoms with Crippen molar-refractivity contribution in [1.29, 1.82) is 0 Å². The Morgan fingerprint density at radius 1 is 1.45 bits per heavy atom. The highest BCUT2D eigenvalue weighted by Gasteiger charge is 2.18. The fourth-order valence-electron chi connectivity index (χ4n) is 2.69. The van der Waals surface area contributed by atoms with Crippen molar-refractivity contribution in [2.75, 3.05) is 6.54 Å². The summed E-state index contributed by atoms with van der Waals surface area (Å²) < 4.78 is 15.8. The van der Waals surface area contributed by atoms with Gasteiger partial charge in [0, 0.05) is 42.5 Å². The van der Waals surface area contributed by atoms with Gasteiger partial charge < -0.3 is 9.88 Å². The molecule has 20 heavy (non-hydrogen) atoms. The largest absolute Gasteiger partial charge is 0.335 e. The predicted molar refractivity (Wildman–Crippen MR) is 77.2 cm³/mol. The lowest BCUT2D eigenvalue weighted by atomic mass is 9.99. The summed E-state index contributed by atoms with van der Waals surface area (Å²) in [6.07, 6.45) is 6.03. The Hall–Kier alpha value is -1.39. The van der Waals surface area contributed by atoms with Gasteiger partial charge in [0.2, 0.25) is 0 Å². The molecule has 0 bridgehead atoms. The highest BCUT2D eigenvalue weighted by molar-refractivity contribution is 6.30. The maximum absolute atomic E-state index is 13.6. The number of hydrogen-bond acceptors (Lipinski definition) is 2. The number of nitrogens with one attached hydrogen (secondary N) is 1. The molecule has 0 saturated heterocycles. The van der Waals surface area contributed by atoms with E-state index >= 15 is 0 Å². The molecule has 106 valence electrons. The molecule has 0 fully saturated rings. The van der Waals surface area contributed by atoms with Crippen molar-refractivity contribution in [2.24, 2.45) is 5.92 Å². The zero-order chi connectivity index (χ0) is 13.9. The molecule has 3 nitrogen and oxygen atoms in total. The van der Waals surface area contributed by atoms with Crippen LogP contribution in [0.15, 0.2) is 30.6 Å². The fourth-order valence-corrected chi connectivity index (χ4v) is 2.89. The SMILES string of the molecule is Fc1ccc(Cl)cc1CNC[C@@H]1CCc2nccn2C1. The molecule has 0 amide bonds. The van der Waals surface area contributed by atoms with E-state index in [4.69, 9.17) is 11.6 Å². The van der Waals surface area contributed by atoms with Crippen LogP contribution >= 0.6 is 11.6 Å². The number of benzene rings is 1. The van der Waals surface area contributed by atoms with Crippen LogP contribution < -0.4 is 5.32 Å². The van der Waals surface area contributed by atoms with E-state index in [9.17, 15) is 4.39 Å². The third-order valence-corrected chi connectivity index (χ3v) is 4.02. The molecule has 1 aromatic heterocycles. The average Bonchev–Trinajstić information content (AvgIpc) is 2.90. The molecule has 3 rings (SSSR count). The second-order valence-electron chi connectivity index (χ2n) is 5.27. The number of aryl methyl sites for hydroxylation is 1. The Bertz CT molecular complexity index is 597. The number of halogens is 2. The molecule has 1 aliphatic rings. The Morgan fingerprint density at radius 3 is 3.25 bits per heavy atom. The van der Waals surface area contributed by atoms with Crippen LogP contribution in [-0.4, -0.2) is 16.1 Å². The van der Waals surface area contributed by atoms with Gasteiger partial charge in [0.15, 0.2) is 0 Å². The summed E-state index contributed by atoms with van der Waals surface area (Å²) >= 11 is 5.88.